The molecule has 1 fully saturated rings. The largest absolute Gasteiger partial charge is 0.489 e. The highest BCUT2D eigenvalue weighted by atomic mass is 16.5. The second-order valence-electron chi connectivity index (χ2n) is 6.53. The summed E-state index contributed by atoms with van der Waals surface area (Å²) in [6, 6.07) is 17.7. The van der Waals surface area contributed by atoms with Gasteiger partial charge < -0.3 is 9.64 Å². The van der Waals surface area contributed by atoms with Crippen molar-refractivity contribution >= 4 is 5.91 Å². The first-order valence-corrected chi connectivity index (χ1v) is 8.83. The number of ether oxygens (including phenoxy) is 1. The van der Waals surface area contributed by atoms with Crippen LogP contribution < -0.4 is 4.74 Å². The predicted octanol–water partition coefficient (Wildman–Crippen LogP) is 2.80. The summed E-state index contributed by atoms with van der Waals surface area (Å²) >= 11 is 0. The maximum absolute atomic E-state index is 11.4. The number of hydrogen-bond donors (Lipinski definition) is 0. The van der Waals surface area contributed by atoms with E-state index in [0.29, 0.717) is 12.2 Å². The lowest BCUT2D eigenvalue weighted by Gasteiger charge is -2.34. The summed E-state index contributed by atoms with van der Waals surface area (Å²) in [5.74, 6) is 0.979. The molecule has 1 amide bonds. The minimum Gasteiger partial charge on any atom is -0.489 e. The Morgan fingerprint density at radius 1 is 1.08 bits per heavy atom. The van der Waals surface area contributed by atoms with Gasteiger partial charge in [-0.15, -0.1) is 0 Å². The maximum atomic E-state index is 11.4. The van der Waals surface area contributed by atoms with Gasteiger partial charge in [0.15, 0.2) is 0 Å². The van der Waals surface area contributed by atoms with E-state index in [1.807, 2.05) is 35.2 Å². The summed E-state index contributed by atoms with van der Waals surface area (Å²) in [4.78, 5) is 15.7. The van der Waals surface area contributed by atoms with Gasteiger partial charge in [0, 0.05) is 39.6 Å². The van der Waals surface area contributed by atoms with Crippen LogP contribution >= 0.6 is 0 Å². The highest BCUT2D eigenvalue weighted by Gasteiger charge is 2.18. The molecular weight excluding hydrogens is 326 g/mol. The van der Waals surface area contributed by atoms with Crippen molar-refractivity contribution in [1.29, 1.82) is 5.26 Å². The Hall–Kier alpha value is -2.84. The van der Waals surface area contributed by atoms with E-state index in [9.17, 15) is 4.79 Å². The first kappa shape index (κ1) is 18.0. The van der Waals surface area contributed by atoms with Crippen LogP contribution in [0, 0.1) is 11.3 Å². The Morgan fingerprint density at radius 2 is 1.81 bits per heavy atom. The molecule has 2 aromatic rings. The maximum Gasteiger partial charge on any atom is 0.219 e. The third-order valence-electron chi connectivity index (χ3n) is 4.58. The van der Waals surface area contributed by atoms with Crippen LogP contribution in [0.3, 0.4) is 0 Å². The minimum absolute atomic E-state index is 0.153. The van der Waals surface area contributed by atoms with Crippen molar-refractivity contribution in [3.63, 3.8) is 0 Å². The normalized spacial score (nSPS) is 14.7. The molecule has 5 heteroatoms. The lowest BCUT2D eigenvalue weighted by atomic mass is 10.1. The van der Waals surface area contributed by atoms with Gasteiger partial charge in [0.25, 0.3) is 0 Å². The fourth-order valence-electron chi connectivity index (χ4n) is 3.11. The predicted molar refractivity (Wildman–Crippen MR) is 99.5 cm³/mol. The minimum atomic E-state index is 0.153. The molecule has 0 atom stereocenters. The number of carbonyl (C=O) groups excluding carboxylic acids is 1. The second kappa shape index (κ2) is 8.50. The first-order valence-electron chi connectivity index (χ1n) is 8.83. The Kier molecular flexibility index (Phi) is 5.88. The lowest BCUT2D eigenvalue weighted by molar-refractivity contribution is -0.130. The number of nitrogens with zero attached hydrogens (tertiary/aromatic N) is 3. The van der Waals surface area contributed by atoms with Crippen molar-refractivity contribution < 1.29 is 9.53 Å². The third-order valence-corrected chi connectivity index (χ3v) is 4.58. The fourth-order valence-corrected chi connectivity index (χ4v) is 3.11. The van der Waals surface area contributed by atoms with E-state index in [4.69, 9.17) is 10.00 Å². The third kappa shape index (κ3) is 4.84. The van der Waals surface area contributed by atoms with Crippen LogP contribution in [-0.2, 0) is 17.9 Å². The summed E-state index contributed by atoms with van der Waals surface area (Å²) in [7, 11) is 0. The molecule has 1 saturated heterocycles. The zero-order valence-corrected chi connectivity index (χ0v) is 15.0. The molecule has 0 saturated carbocycles. The molecular formula is C21H23N3O2. The molecule has 0 aliphatic carbocycles. The molecule has 1 heterocycles. The van der Waals surface area contributed by atoms with Gasteiger partial charge in [0.1, 0.15) is 12.4 Å². The SMILES string of the molecule is CC(=O)N1CCN(Cc2cccc(OCc3cccc(C#N)c3)c2)CC1. The molecule has 5 nitrogen and oxygen atoms in total. The molecule has 0 radical (unpaired) electrons. The van der Waals surface area contributed by atoms with E-state index < -0.39 is 0 Å². The van der Waals surface area contributed by atoms with Crippen LogP contribution in [0.2, 0.25) is 0 Å². The van der Waals surface area contributed by atoms with Crippen molar-refractivity contribution in [3.05, 3.63) is 65.2 Å². The molecule has 1 aliphatic heterocycles. The van der Waals surface area contributed by atoms with Gasteiger partial charge in [-0.1, -0.05) is 24.3 Å². The number of piperazine rings is 1. The number of amides is 1. The highest BCUT2D eigenvalue weighted by Crippen LogP contribution is 2.18. The number of carbonyl (C=O) groups is 1. The van der Waals surface area contributed by atoms with E-state index in [2.05, 4.69) is 23.1 Å². The van der Waals surface area contributed by atoms with Gasteiger partial charge in [-0.2, -0.15) is 5.26 Å². The van der Waals surface area contributed by atoms with Crippen LogP contribution in [-0.4, -0.2) is 41.9 Å². The summed E-state index contributed by atoms with van der Waals surface area (Å²) in [5.41, 5.74) is 2.82. The van der Waals surface area contributed by atoms with E-state index in [0.717, 1.165) is 44.0 Å². The number of rotatable bonds is 5. The van der Waals surface area contributed by atoms with E-state index in [1.165, 1.54) is 5.56 Å². The summed E-state index contributed by atoms with van der Waals surface area (Å²) < 4.78 is 5.89. The summed E-state index contributed by atoms with van der Waals surface area (Å²) in [6.45, 7) is 6.30. The van der Waals surface area contributed by atoms with Gasteiger partial charge in [-0.3, -0.25) is 9.69 Å². The van der Waals surface area contributed by atoms with E-state index in [1.54, 1.807) is 13.0 Å². The van der Waals surface area contributed by atoms with Gasteiger partial charge in [-0.25, -0.2) is 0 Å². The van der Waals surface area contributed by atoms with E-state index >= 15 is 0 Å². The van der Waals surface area contributed by atoms with Crippen molar-refractivity contribution in [3.8, 4) is 11.8 Å². The standard InChI is InChI=1S/C21H23N3O2/c1-17(25)24-10-8-23(9-11-24)15-19-5-3-7-21(13-19)26-16-20-6-2-4-18(12-20)14-22/h2-7,12-13H,8-11,15-16H2,1H3. The first-order chi connectivity index (χ1) is 12.6. The van der Waals surface area contributed by atoms with E-state index in [-0.39, 0.29) is 5.91 Å². The molecule has 1 aliphatic rings. The fraction of sp³-hybridized carbons (Fsp3) is 0.333. The molecule has 0 N–H and O–H groups in total. The second-order valence-corrected chi connectivity index (χ2v) is 6.53. The van der Waals surface area contributed by atoms with Crippen LogP contribution in [0.4, 0.5) is 0 Å². The van der Waals surface area contributed by atoms with Gasteiger partial charge in [0.05, 0.1) is 11.6 Å². The molecule has 2 aromatic carbocycles. The van der Waals surface area contributed by atoms with Crippen LogP contribution in [0.1, 0.15) is 23.6 Å². The molecule has 0 spiro atoms. The van der Waals surface area contributed by atoms with Crippen molar-refractivity contribution in [1.82, 2.24) is 9.80 Å². The monoisotopic (exact) mass is 349 g/mol. The van der Waals surface area contributed by atoms with Crippen LogP contribution in [0.25, 0.3) is 0 Å². The Balaban J connectivity index is 1.55. The number of hydrogen-bond acceptors (Lipinski definition) is 4. The van der Waals surface area contributed by atoms with Gasteiger partial charge in [0.2, 0.25) is 5.91 Å². The zero-order chi connectivity index (χ0) is 18.4. The number of nitriles is 1. The summed E-state index contributed by atoms with van der Waals surface area (Å²) in [5, 5.41) is 8.97. The molecule has 0 aromatic heterocycles. The topological polar surface area (TPSA) is 56.6 Å². The van der Waals surface area contributed by atoms with Crippen LogP contribution in [0.15, 0.2) is 48.5 Å². The van der Waals surface area contributed by atoms with Crippen LogP contribution in [0.5, 0.6) is 5.75 Å². The van der Waals surface area contributed by atoms with Gasteiger partial charge in [-0.05, 0) is 35.4 Å². The van der Waals surface area contributed by atoms with Crippen molar-refractivity contribution in [2.75, 3.05) is 26.2 Å². The Labute approximate surface area is 154 Å². The van der Waals surface area contributed by atoms with Crippen molar-refractivity contribution in [2.24, 2.45) is 0 Å². The highest BCUT2D eigenvalue weighted by molar-refractivity contribution is 5.73. The molecule has 0 bridgehead atoms. The quantitative estimate of drug-likeness (QED) is 0.833. The molecule has 3 rings (SSSR count). The Morgan fingerprint density at radius 3 is 2.54 bits per heavy atom. The van der Waals surface area contributed by atoms with Gasteiger partial charge >= 0.3 is 0 Å². The average molecular weight is 349 g/mol. The molecule has 134 valence electrons. The molecule has 26 heavy (non-hydrogen) atoms. The lowest BCUT2D eigenvalue weighted by Crippen LogP contribution is -2.47. The Bertz CT molecular complexity index is 805. The average Bonchev–Trinajstić information content (AvgIpc) is 2.67. The zero-order valence-electron chi connectivity index (χ0n) is 15.0. The summed E-state index contributed by atoms with van der Waals surface area (Å²) in [6.07, 6.45) is 0. The van der Waals surface area contributed by atoms with Crippen molar-refractivity contribution in [2.45, 2.75) is 20.1 Å². The molecule has 0 unspecified atom stereocenters. The smallest absolute Gasteiger partial charge is 0.219 e. The number of benzene rings is 2.